The first-order valence-electron chi connectivity index (χ1n) is 7.45. The monoisotopic (exact) mass is 325 g/mol. The summed E-state index contributed by atoms with van der Waals surface area (Å²) in [6, 6.07) is 6.30. The molecule has 122 valence electrons. The summed E-state index contributed by atoms with van der Waals surface area (Å²) >= 11 is 0. The molecule has 1 fully saturated rings. The summed E-state index contributed by atoms with van der Waals surface area (Å²) in [5.41, 5.74) is 0.858. The van der Waals surface area contributed by atoms with Crippen molar-refractivity contribution in [1.29, 1.82) is 0 Å². The topological polar surface area (TPSA) is 92.5 Å². The van der Waals surface area contributed by atoms with Crippen LogP contribution >= 0.6 is 0 Å². The molecule has 1 aromatic carbocycles. The van der Waals surface area contributed by atoms with Crippen molar-refractivity contribution in [2.75, 3.05) is 7.05 Å². The fourth-order valence-corrected chi connectivity index (χ4v) is 3.20. The Labute approximate surface area is 131 Å². The second-order valence-electron chi connectivity index (χ2n) is 5.83. The average molecular weight is 325 g/mol. The van der Waals surface area contributed by atoms with Crippen LogP contribution < -0.4 is 10.5 Å². The molecule has 1 unspecified atom stereocenters. The number of primary sulfonamides is 1. The van der Waals surface area contributed by atoms with Gasteiger partial charge in [-0.2, -0.15) is 0 Å². The van der Waals surface area contributed by atoms with Gasteiger partial charge < -0.3 is 10.2 Å². The van der Waals surface area contributed by atoms with Crippen LogP contribution in [0.15, 0.2) is 29.2 Å². The minimum atomic E-state index is -3.69. The maximum Gasteiger partial charge on any atom is 0.317 e. The van der Waals surface area contributed by atoms with Gasteiger partial charge >= 0.3 is 6.03 Å². The molecule has 1 atom stereocenters. The number of nitrogens with one attached hydrogen (secondary N) is 1. The quantitative estimate of drug-likeness (QED) is 0.886. The lowest BCUT2D eigenvalue weighted by Crippen LogP contribution is -2.43. The van der Waals surface area contributed by atoms with E-state index < -0.39 is 10.0 Å². The summed E-state index contributed by atoms with van der Waals surface area (Å²) in [6.07, 6.45) is 4.41. The molecule has 1 aliphatic rings. The molecule has 22 heavy (non-hydrogen) atoms. The number of carbonyl (C=O) groups excluding carboxylic acids is 1. The first-order valence-corrected chi connectivity index (χ1v) is 9.00. The van der Waals surface area contributed by atoms with E-state index in [0.29, 0.717) is 0 Å². The molecule has 1 aromatic rings. The van der Waals surface area contributed by atoms with E-state index in [0.717, 1.165) is 18.4 Å². The van der Waals surface area contributed by atoms with E-state index >= 15 is 0 Å². The number of nitrogens with two attached hydrogens (primary N) is 1. The molecule has 2 amide bonds. The summed E-state index contributed by atoms with van der Waals surface area (Å²) in [5.74, 6) is 0. The van der Waals surface area contributed by atoms with Crippen molar-refractivity contribution in [2.24, 2.45) is 5.14 Å². The Morgan fingerprint density at radius 2 is 1.82 bits per heavy atom. The molecular weight excluding hydrogens is 302 g/mol. The second-order valence-corrected chi connectivity index (χ2v) is 7.39. The van der Waals surface area contributed by atoms with E-state index in [-0.39, 0.29) is 23.0 Å². The molecule has 0 aliphatic heterocycles. The zero-order valence-corrected chi connectivity index (χ0v) is 13.8. The van der Waals surface area contributed by atoms with Crippen LogP contribution in [0.3, 0.4) is 0 Å². The van der Waals surface area contributed by atoms with Crippen LogP contribution in [-0.4, -0.2) is 32.4 Å². The Kier molecular flexibility index (Phi) is 5.08. The van der Waals surface area contributed by atoms with Crippen LogP contribution in [0, 0.1) is 0 Å². The molecule has 0 aromatic heterocycles. The minimum absolute atomic E-state index is 0.0708. The molecule has 1 saturated carbocycles. The van der Waals surface area contributed by atoms with Crippen molar-refractivity contribution in [2.45, 2.75) is 49.6 Å². The maximum absolute atomic E-state index is 12.2. The van der Waals surface area contributed by atoms with E-state index in [1.165, 1.54) is 25.0 Å². The Hall–Kier alpha value is -1.60. The molecule has 0 radical (unpaired) electrons. The predicted octanol–water partition coefficient (Wildman–Crippen LogP) is 1.98. The maximum atomic E-state index is 12.2. The van der Waals surface area contributed by atoms with Crippen LogP contribution in [0.1, 0.15) is 44.2 Å². The fraction of sp³-hybridized carbons (Fsp3) is 0.533. The zero-order chi connectivity index (χ0) is 16.3. The lowest BCUT2D eigenvalue weighted by Gasteiger charge is -2.27. The van der Waals surface area contributed by atoms with Crippen LogP contribution in [0.25, 0.3) is 0 Å². The van der Waals surface area contributed by atoms with Crippen molar-refractivity contribution < 1.29 is 13.2 Å². The molecule has 1 aliphatic carbocycles. The molecule has 2 rings (SSSR count). The number of nitrogens with zero attached hydrogens (tertiary/aromatic N) is 1. The highest BCUT2D eigenvalue weighted by Crippen LogP contribution is 2.22. The molecule has 3 N–H and O–H groups in total. The van der Waals surface area contributed by atoms with Crippen LogP contribution in [0.4, 0.5) is 4.79 Å². The summed E-state index contributed by atoms with van der Waals surface area (Å²) in [4.78, 5) is 13.9. The summed E-state index contributed by atoms with van der Waals surface area (Å²) < 4.78 is 22.5. The minimum Gasteiger partial charge on any atom is -0.335 e. The number of carbonyl (C=O) groups is 1. The van der Waals surface area contributed by atoms with E-state index in [1.54, 1.807) is 24.1 Å². The number of sulfonamides is 1. The van der Waals surface area contributed by atoms with Crippen molar-refractivity contribution >= 4 is 16.1 Å². The lowest BCUT2D eigenvalue weighted by molar-refractivity contribution is 0.190. The summed E-state index contributed by atoms with van der Waals surface area (Å²) in [7, 11) is -1.95. The smallest absolute Gasteiger partial charge is 0.317 e. The van der Waals surface area contributed by atoms with E-state index in [9.17, 15) is 13.2 Å². The highest BCUT2D eigenvalue weighted by molar-refractivity contribution is 7.89. The predicted molar refractivity (Wildman–Crippen MR) is 84.8 cm³/mol. The largest absolute Gasteiger partial charge is 0.335 e. The van der Waals surface area contributed by atoms with Crippen LogP contribution in [-0.2, 0) is 10.0 Å². The normalized spacial score (nSPS) is 17.2. The van der Waals surface area contributed by atoms with Gasteiger partial charge in [-0.1, -0.05) is 25.0 Å². The number of amides is 2. The zero-order valence-electron chi connectivity index (χ0n) is 13.0. The Morgan fingerprint density at radius 1 is 1.27 bits per heavy atom. The summed E-state index contributed by atoms with van der Waals surface area (Å²) in [5, 5.41) is 8.12. The van der Waals surface area contributed by atoms with E-state index in [1.807, 2.05) is 6.92 Å². The van der Waals surface area contributed by atoms with Gasteiger partial charge in [-0.3, -0.25) is 0 Å². The van der Waals surface area contributed by atoms with Crippen molar-refractivity contribution in [3.63, 3.8) is 0 Å². The Bertz CT molecular complexity index is 622. The molecule has 6 nitrogen and oxygen atoms in total. The molecule has 0 bridgehead atoms. The molecular formula is C15H23N3O3S. The van der Waals surface area contributed by atoms with Gasteiger partial charge in [-0.25, -0.2) is 18.4 Å². The number of hydrogen-bond donors (Lipinski definition) is 2. The van der Waals surface area contributed by atoms with Crippen LogP contribution in [0.5, 0.6) is 0 Å². The molecule has 0 heterocycles. The van der Waals surface area contributed by atoms with Gasteiger partial charge in [0.2, 0.25) is 10.0 Å². The van der Waals surface area contributed by atoms with Crippen LogP contribution in [0.2, 0.25) is 0 Å². The highest BCUT2D eigenvalue weighted by Gasteiger charge is 2.22. The van der Waals surface area contributed by atoms with Gasteiger partial charge in [0.05, 0.1) is 10.9 Å². The van der Waals surface area contributed by atoms with Crippen molar-refractivity contribution in [3.05, 3.63) is 29.8 Å². The van der Waals surface area contributed by atoms with E-state index in [4.69, 9.17) is 5.14 Å². The first kappa shape index (κ1) is 16.8. The van der Waals surface area contributed by atoms with Crippen molar-refractivity contribution in [3.8, 4) is 0 Å². The second kappa shape index (κ2) is 6.66. The number of hydrogen-bond acceptors (Lipinski definition) is 3. The molecule has 7 heteroatoms. The van der Waals surface area contributed by atoms with Gasteiger partial charge in [-0.05, 0) is 37.5 Å². The number of rotatable bonds is 4. The number of benzene rings is 1. The third-order valence-electron chi connectivity index (χ3n) is 4.28. The SMILES string of the molecule is CC(c1ccc(S(N)(=O)=O)cc1)N(C)C(=O)NC1CCCC1. The van der Waals surface area contributed by atoms with Gasteiger partial charge in [0, 0.05) is 13.1 Å². The third kappa shape index (κ3) is 3.98. The van der Waals surface area contributed by atoms with Crippen molar-refractivity contribution in [1.82, 2.24) is 10.2 Å². The van der Waals surface area contributed by atoms with Gasteiger partial charge in [0.15, 0.2) is 0 Å². The fourth-order valence-electron chi connectivity index (χ4n) is 2.68. The number of urea groups is 1. The summed E-state index contributed by atoms with van der Waals surface area (Å²) in [6.45, 7) is 1.90. The Morgan fingerprint density at radius 3 is 2.32 bits per heavy atom. The van der Waals surface area contributed by atoms with Gasteiger partial charge in [0.1, 0.15) is 0 Å². The Balaban J connectivity index is 2.03. The molecule has 0 saturated heterocycles. The average Bonchev–Trinajstić information content (AvgIpc) is 2.97. The standard InChI is InChI=1S/C15H23N3O3S/c1-11(12-7-9-14(10-8-12)22(16,20)21)18(2)15(19)17-13-5-3-4-6-13/h7-11,13H,3-6H2,1-2H3,(H,17,19)(H2,16,20,21). The third-order valence-corrected chi connectivity index (χ3v) is 5.20. The lowest BCUT2D eigenvalue weighted by atomic mass is 10.1. The van der Waals surface area contributed by atoms with Gasteiger partial charge in [0.25, 0.3) is 0 Å². The highest BCUT2D eigenvalue weighted by atomic mass is 32.2. The molecule has 0 spiro atoms. The van der Waals surface area contributed by atoms with E-state index in [2.05, 4.69) is 5.32 Å². The van der Waals surface area contributed by atoms with Gasteiger partial charge in [-0.15, -0.1) is 0 Å². The first-order chi connectivity index (χ1) is 10.3.